The highest BCUT2D eigenvalue weighted by atomic mass is 16.5. The van der Waals surface area contributed by atoms with Crippen molar-refractivity contribution in [2.45, 2.75) is 63.8 Å². The number of rotatable bonds is 4. The minimum atomic E-state index is 0.199. The first-order valence-electron chi connectivity index (χ1n) is 8.79. The van der Waals surface area contributed by atoms with E-state index in [0.717, 1.165) is 24.3 Å². The fraction of sp³-hybridized carbons (Fsp3) is 0.500. The van der Waals surface area contributed by atoms with Gasteiger partial charge in [-0.2, -0.15) is 0 Å². The molecule has 2 aliphatic rings. The van der Waals surface area contributed by atoms with Crippen molar-refractivity contribution in [3.8, 4) is 11.5 Å². The van der Waals surface area contributed by atoms with E-state index in [1.165, 1.54) is 23.6 Å². The highest BCUT2D eigenvalue weighted by Gasteiger charge is 2.34. The molecule has 2 bridgehead atoms. The summed E-state index contributed by atoms with van der Waals surface area (Å²) in [4.78, 5) is 0. The number of hydrogen-bond acceptors (Lipinski definition) is 3. The minimum absolute atomic E-state index is 0.199. The van der Waals surface area contributed by atoms with E-state index in [1.54, 1.807) is 0 Å². The van der Waals surface area contributed by atoms with Crippen LogP contribution in [0.2, 0.25) is 0 Å². The van der Waals surface area contributed by atoms with Gasteiger partial charge in [-0.25, -0.2) is 0 Å². The summed E-state index contributed by atoms with van der Waals surface area (Å²) < 4.78 is 12.0. The van der Waals surface area contributed by atoms with E-state index in [4.69, 9.17) is 9.47 Å². The van der Waals surface area contributed by atoms with Crippen molar-refractivity contribution in [3.05, 3.63) is 36.4 Å². The number of piperidine rings is 1. The summed E-state index contributed by atoms with van der Waals surface area (Å²) in [5.74, 6) is 1.91. The summed E-state index contributed by atoms with van der Waals surface area (Å²) in [5.41, 5.74) is 0. The van der Waals surface area contributed by atoms with E-state index >= 15 is 0 Å². The molecule has 3 nitrogen and oxygen atoms in total. The van der Waals surface area contributed by atoms with Crippen LogP contribution in [0.5, 0.6) is 11.5 Å². The molecule has 4 rings (SSSR count). The monoisotopic (exact) mass is 311 g/mol. The zero-order valence-corrected chi connectivity index (χ0v) is 13.9. The van der Waals surface area contributed by atoms with Crippen LogP contribution in [0.25, 0.3) is 10.8 Å². The second kappa shape index (κ2) is 6.04. The molecule has 23 heavy (non-hydrogen) atoms. The first kappa shape index (κ1) is 14.8. The van der Waals surface area contributed by atoms with Crippen LogP contribution >= 0.6 is 0 Å². The van der Waals surface area contributed by atoms with Gasteiger partial charge in [0.05, 0.1) is 6.10 Å². The van der Waals surface area contributed by atoms with E-state index in [-0.39, 0.29) is 6.10 Å². The van der Waals surface area contributed by atoms with Crippen LogP contribution in [0.1, 0.15) is 39.5 Å². The molecule has 0 spiro atoms. The Morgan fingerprint density at radius 1 is 0.913 bits per heavy atom. The molecule has 3 heteroatoms. The van der Waals surface area contributed by atoms with Crippen LogP contribution in [0.3, 0.4) is 0 Å². The fourth-order valence-corrected chi connectivity index (χ4v) is 3.91. The van der Waals surface area contributed by atoms with E-state index in [1.807, 2.05) is 19.9 Å². The molecule has 2 aromatic rings. The lowest BCUT2D eigenvalue weighted by atomic mass is 10.0. The van der Waals surface area contributed by atoms with Crippen molar-refractivity contribution < 1.29 is 9.47 Å². The minimum Gasteiger partial charge on any atom is -0.491 e. The lowest BCUT2D eigenvalue weighted by molar-refractivity contribution is 0.137. The molecule has 0 aromatic heterocycles. The maximum absolute atomic E-state index is 6.27. The van der Waals surface area contributed by atoms with Gasteiger partial charge in [-0.15, -0.1) is 0 Å². The van der Waals surface area contributed by atoms with Gasteiger partial charge in [-0.3, -0.25) is 0 Å². The molecule has 2 aliphatic heterocycles. The quantitative estimate of drug-likeness (QED) is 0.913. The number of benzene rings is 2. The Bertz CT molecular complexity index is 685. The average Bonchev–Trinajstić information content (AvgIpc) is 2.86. The van der Waals surface area contributed by atoms with Crippen molar-refractivity contribution >= 4 is 10.8 Å². The second-order valence-corrected chi connectivity index (χ2v) is 7.19. The first-order valence-corrected chi connectivity index (χ1v) is 8.79. The van der Waals surface area contributed by atoms with Gasteiger partial charge in [0.1, 0.15) is 17.6 Å². The molecule has 122 valence electrons. The molecule has 0 aliphatic carbocycles. The highest BCUT2D eigenvalue weighted by molar-refractivity contribution is 5.85. The van der Waals surface area contributed by atoms with E-state index in [2.05, 4.69) is 35.6 Å². The van der Waals surface area contributed by atoms with E-state index in [0.29, 0.717) is 18.2 Å². The smallest absolute Gasteiger partial charge is 0.120 e. The van der Waals surface area contributed by atoms with Gasteiger partial charge < -0.3 is 14.8 Å². The zero-order chi connectivity index (χ0) is 15.8. The summed E-state index contributed by atoms with van der Waals surface area (Å²) in [6.45, 7) is 4.10. The Morgan fingerprint density at radius 3 is 2.17 bits per heavy atom. The van der Waals surface area contributed by atoms with Crippen LogP contribution in [-0.4, -0.2) is 24.3 Å². The van der Waals surface area contributed by atoms with Crippen LogP contribution in [-0.2, 0) is 0 Å². The summed E-state index contributed by atoms with van der Waals surface area (Å²) in [6, 6.07) is 14.0. The first-order chi connectivity index (χ1) is 11.2. The second-order valence-electron chi connectivity index (χ2n) is 7.19. The predicted molar refractivity (Wildman–Crippen MR) is 93.3 cm³/mol. The Balaban J connectivity index is 1.50. The third-order valence-corrected chi connectivity index (χ3v) is 4.89. The lowest BCUT2D eigenvalue weighted by Gasteiger charge is -2.29. The SMILES string of the molecule is CC(C)Oc1ccc2cc(O[C@@H]3C[C@H]4CC[C@@H](C3)N4)ccc2c1. The van der Waals surface area contributed by atoms with Crippen molar-refractivity contribution in [1.82, 2.24) is 5.32 Å². The summed E-state index contributed by atoms with van der Waals surface area (Å²) in [7, 11) is 0. The van der Waals surface area contributed by atoms with Gasteiger partial charge in [-0.1, -0.05) is 12.1 Å². The summed E-state index contributed by atoms with van der Waals surface area (Å²) >= 11 is 0. The molecule has 0 unspecified atom stereocenters. The van der Waals surface area contributed by atoms with Crippen molar-refractivity contribution in [1.29, 1.82) is 0 Å². The van der Waals surface area contributed by atoms with Crippen LogP contribution in [0, 0.1) is 0 Å². The van der Waals surface area contributed by atoms with Gasteiger partial charge in [0.25, 0.3) is 0 Å². The molecule has 2 heterocycles. The molecular weight excluding hydrogens is 286 g/mol. The Kier molecular flexibility index (Phi) is 3.90. The Hall–Kier alpha value is -1.74. The van der Waals surface area contributed by atoms with Gasteiger partial charge in [0.2, 0.25) is 0 Å². The molecule has 2 fully saturated rings. The maximum atomic E-state index is 6.27. The molecule has 1 N–H and O–H groups in total. The largest absolute Gasteiger partial charge is 0.491 e. The molecule has 0 radical (unpaired) electrons. The highest BCUT2D eigenvalue weighted by Crippen LogP contribution is 2.31. The van der Waals surface area contributed by atoms with Gasteiger partial charge in [0, 0.05) is 12.1 Å². The van der Waals surface area contributed by atoms with Crippen molar-refractivity contribution in [2.24, 2.45) is 0 Å². The van der Waals surface area contributed by atoms with Crippen LogP contribution in [0.15, 0.2) is 36.4 Å². The Morgan fingerprint density at radius 2 is 1.52 bits per heavy atom. The Labute approximate surface area is 138 Å². The third kappa shape index (κ3) is 3.30. The van der Waals surface area contributed by atoms with E-state index in [9.17, 15) is 0 Å². The van der Waals surface area contributed by atoms with Crippen LogP contribution < -0.4 is 14.8 Å². The fourth-order valence-electron chi connectivity index (χ4n) is 3.91. The topological polar surface area (TPSA) is 30.5 Å². The number of nitrogens with one attached hydrogen (secondary N) is 1. The van der Waals surface area contributed by atoms with Crippen molar-refractivity contribution in [2.75, 3.05) is 0 Å². The van der Waals surface area contributed by atoms with Crippen LogP contribution in [0.4, 0.5) is 0 Å². The molecule has 2 saturated heterocycles. The molecule has 3 atom stereocenters. The van der Waals surface area contributed by atoms with Crippen molar-refractivity contribution in [3.63, 3.8) is 0 Å². The third-order valence-electron chi connectivity index (χ3n) is 4.89. The van der Waals surface area contributed by atoms with E-state index < -0.39 is 0 Å². The molecular formula is C20H25NO2. The average molecular weight is 311 g/mol. The summed E-state index contributed by atoms with van der Waals surface area (Å²) in [5, 5.41) is 6.06. The number of fused-ring (bicyclic) bond motifs is 3. The zero-order valence-electron chi connectivity index (χ0n) is 13.9. The number of ether oxygens (including phenoxy) is 2. The van der Waals surface area contributed by atoms with Gasteiger partial charge >= 0.3 is 0 Å². The lowest BCUT2D eigenvalue weighted by Crippen LogP contribution is -2.42. The van der Waals surface area contributed by atoms with Gasteiger partial charge in [-0.05, 0) is 74.6 Å². The molecule has 2 aromatic carbocycles. The van der Waals surface area contributed by atoms with Gasteiger partial charge in [0.15, 0.2) is 0 Å². The maximum Gasteiger partial charge on any atom is 0.120 e. The molecule has 0 saturated carbocycles. The molecule has 0 amide bonds. The number of hydrogen-bond donors (Lipinski definition) is 1. The standard InChI is InChI=1S/C20H25NO2/c1-13(2)22-18-7-3-15-10-19(8-4-14(15)9-18)23-20-11-16-5-6-17(12-20)21-16/h3-4,7-10,13,16-17,20-21H,5-6,11-12H2,1-2H3/t16-,17+,20-. The predicted octanol–water partition coefficient (Wildman–Crippen LogP) is 4.29. The normalized spacial score (nSPS) is 26.7. The summed E-state index contributed by atoms with van der Waals surface area (Å²) in [6.07, 6.45) is 5.44.